The number of nitrogens with two attached hydrogens (primary N) is 1. The third-order valence-electron chi connectivity index (χ3n) is 4.15. The first-order valence-corrected chi connectivity index (χ1v) is 7.64. The second-order valence-electron chi connectivity index (χ2n) is 6.17. The van der Waals surface area contributed by atoms with Crippen molar-refractivity contribution in [1.82, 2.24) is 0 Å². The highest BCUT2D eigenvalue weighted by Crippen LogP contribution is 2.39. The SMILES string of the molecule is CC1=CC=CC(C)(N(c2ccccc2)c2ccc(N)cc2)C1. The number of benzene rings is 2. The Morgan fingerprint density at radius 1 is 0.955 bits per heavy atom. The lowest BCUT2D eigenvalue weighted by atomic mass is 9.86. The molecule has 0 aromatic heterocycles. The van der Waals surface area contributed by atoms with Crippen LogP contribution in [-0.2, 0) is 0 Å². The summed E-state index contributed by atoms with van der Waals surface area (Å²) in [5, 5.41) is 0. The van der Waals surface area contributed by atoms with Crippen LogP contribution in [-0.4, -0.2) is 5.54 Å². The van der Waals surface area contributed by atoms with Gasteiger partial charge in [-0.1, -0.05) is 42.0 Å². The molecule has 1 unspecified atom stereocenters. The number of rotatable bonds is 3. The fourth-order valence-electron chi connectivity index (χ4n) is 3.20. The van der Waals surface area contributed by atoms with Gasteiger partial charge in [0.1, 0.15) is 0 Å². The van der Waals surface area contributed by atoms with Crippen molar-refractivity contribution < 1.29 is 0 Å². The second kappa shape index (κ2) is 5.72. The molecule has 0 saturated heterocycles. The van der Waals surface area contributed by atoms with Gasteiger partial charge in [0.25, 0.3) is 0 Å². The van der Waals surface area contributed by atoms with Crippen LogP contribution < -0.4 is 10.6 Å². The maximum Gasteiger partial charge on any atom is 0.0645 e. The first kappa shape index (κ1) is 14.5. The Kier molecular flexibility index (Phi) is 3.76. The van der Waals surface area contributed by atoms with E-state index in [-0.39, 0.29) is 5.54 Å². The predicted molar refractivity (Wildman–Crippen MR) is 95.4 cm³/mol. The van der Waals surface area contributed by atoms with Gasteiger partial charge in [-0.15, -0.1) is 0 Å². The zero-order chi connectivity index (χ0) is 15.6. The summed E-state index contributed by atoms with van der Waals surface area (Å²) in [5.41, 5.74) is 10.3. The highest BCUT2D eigenvalue weighted by Gasteiger charge is 2.32. The normalized spacial score (nSPS) is 20.5. The summed E-state index contributed by atoms with van der Waals surface area (Å²) in [6, 6.07) is 18.6. The van der Waals surface area contributed by atoms with Crippen LogP contribution in [0.15, 0.2) is 78.4 Å². The standard InChI is InChI=1S/C20H22N2/c1-16-7-6-14-20(2,15-16)22(18-8-4-3-5-9-18)19-12-10-17(21)11-13-19/h3-14H,15,21H2,1-2H3. The summed E-state index contributed by atoms with van der Waals surface area (Å²) in [7, 11) is 0. The molecule has 0 amide bonds. The van der Waals surface area contributed by atoms with E-state index in [2.05, 4.69) is 79.4 Å². The van der Waals surface area contributed by atoms with Crippen molar-refractivity contribution in [2.24, 2.45) is 0 Å². The van der Waals surface area contributed by atoms with E-state index in [1.165, 1.54) is 11.3 Å². The molecule has 0 bridgehead atoms. The number of para-hydroxylation sites is 1. The summed E-state index contributed by atoms with van der Waals surface area (Å²) in [4.78, 5) is 2.39. The van der Waals surface area contributed by atoms with Crippen LogP contribution in [0.4, 0.5) is 17.1 Å². The van der Waals surface area contributed by atoms with Crippen LogP contribution in [0.3, 0.4) is 0 Å². The van der Waals surface area contributed by atoms with Crippen molar-refractivity contribution in [2.45, 2.75) is 25.8 Å². The van der Waals surface area contributed by atoms with E-state index in [1.54, 1.807) is 0 Å². The lowest BCUT2D eigenvalue weighted by Crippen LogP contribution is -2.42. The molecule has 2 heteroatoms. The summed E-state index contributed by atoms with van der Waals surface area (Å²) >= 11 is 0. The minimum Gasteiger partial charge on any atom is -0.399 e. The zero-order valence-corrected chi connectivity index (χ0v) is 13.2. The summed E-state index contributed by atoms with van der Waals surface area (Å²) in [6.07, 6.45) is 7.63. The number of nitrogens with zero attached hydrogens (tertiary/aromatic N) is 1. The summed E-state index contributed by atoms with van der Waals surface area (Å²) < 4.78 is 0. The first-order valence-electron chi connectivity index (χ1n) is 7.64. The van der Waals surface area contributed by atoms with E-state index in [0.717, 1.165) is 17.8 Å². The Bertz CT molecular complexity index is 698. The van der Waals surface area contributed by atoms with Gasteiger partial charge in [0.15, 0.2) is 0 Å². The highest BCUT2D eigenvalue weighted by molar-refractivity contribution is 5.68. The van der Waals surface area contributed by atoms with E-state index < -0.39 is 0 Å². The van der Waals surface area contributed by atoms with E-state index in [4.69, 9.17) is 5.73 Å². The van der Waals surface area contributed by atoms with Crippen molar-refractivity contribution in [3.8, 4) is 0 Å². The van der Waals surface area contributed by atoms with Crippen molar-refractivity contribution in [3.05, 3.63) is 78.4 Å². The maximum absolute atomic E-state index is 5.86. The molecule has 0 saturated carbocycles. The number of nitrogen functional groups attached to an aromatic ring is 1. The number of anilines is 3. The van der Waals surface area contributed by atoms with E-state index >= 15 is 0 Å². The van der Waals surface area contributed by atoms with Crippen molar-refractivity contribution in [2.75, 3.05) is 10.6 Å². The van der Waals surface area contributed by atoms with Gasteiger partial charge in [-0.3, -0.25) is 0 Å². The Morgan fingerprint density at radius 3 is 2.23 bits per heavy atom. The van der Waals surface area contributed by atoms with Gasteiger partial charge in [0.2, 0.25) is 0 Å². The molecule has 0 heterocycles. The minimum absolute atomic E-state index is 0.0870. The van der Waals surface area contributed by atoms with Crippen LogP contribution in [0.25, 0.3) is 0 Å². The smallest absolute Gasteiger partial charge is 0.0645 e. The molecule has 0 spiro atoms. The van der Waals surface area contributed by atoms with E-state index in [9.17, 15) is 0 Å². The molecule has 2 nitrogen and oxygen atoms in total. The fraction of sp³-hybridized carbons (Fsp3) is 0.200. The molecule has 0 radical (unpaired) electrons. The molecule has 2 aromatic rings. The topological polar surface area (TPSA) is 29.3 Å². The third-order valence-corrected chi connectivity index (χ3v) is 4.15. The molecule has 1 atom stereocenters. The second-order valence-corrected chi connectivity index (χ2v) is 6.17. The predicted octanol–water partition coefficient (Wildman–Crippen LogP) is 5.07. The number of allylic oxidation sites excluding steroid dienone is 2. The molecule has 0 fully saturated rings. The van der Waals surface area contributed by atoms with Crippen molar-refractivity contribution in [1.29, 1.82) is 0 Å². The van der Waals surface area contributed by atoms with Gasteiger partial charge in [0.05, 0.1) is 5.54 Å². The van der Waals surface area contributed by atoms with Gasteiger partial charge < -0.3 is 10.6 Å². The van der Waals surface area contributed by atoms with Crippen molar-refractivity contribution in [3.63, 3.8) is 0 Å². The molecule has 1 aliphatic rings. The van der Waals surface area contributed by atoms with Gasteiger partial charge in [-0.05, 0) is 56.7 Å². The zero-order valence-electron chi connectivity index (χ0n) is 13.2. The molecule has 22 heavy (non-hydrogen) atoms. The molecular weight excluding hydrogens is 268 g/mol. The summed E-state index contributed by atoms with van der Waals surface area (Å²) in [6.45, 7) is 4.47. The highest BCUT2D eigenvalue weighted by atomic mass is 15.2. The van der Waals surface area contributed by atoms with Gasteiger partial charge in [-0.2, -0.15) is 0 Å². The van der Waals surface area contributed by atoms with Crippen molar-refractivity contribution >= 4 is 17.1 Å². The first-order chi connectivity index (χ1) is 10.6. The Labute approximate surface area is 132 Å². The number of hydrogen-bond donors (Lipinski definition) is 1. The average Bonchev–Trinajstić information content (AvgIpc) is 2.50. The minimum atomic E-state index is -0.0870. The molecule has 1 aliphatic carbocycles. The Morgan fingerprint density at radius 2 is 1.59 bits per heavy atom. The fourth-order valence-corrected chi connectivity index (χ4v) is 3.20. The van der Waals surface area contributed by atoms with E-state index in [0.29, 0.717) is 0 Å². The molecule has 2 N–H and O–H groups in total. The monoisotopic (exact) mass is 290 g/mol. The molecule has 2 aromatic carbocycles. The van der Waals surface area contributed by atoms with Crippen LogP contribution >= 0.6 is 0 Å². The van der Waals surface area contributed by atoms with Gasteiger partial charge in [0, 0.05) is 17.1 Å². The molecule has 3 rings (SSSR count). The number of hydrogen-bond acceptors (Lipinski definition) is 2. The Balaban J connectivity index is 2.10. The lowest BCUT2D eigenvalue weighted by molar-refractivity contribution is 0.554. The largest absolute Gasteiger partial charge is 0.399 e. The summed E-state index contributed by atoms with van der Waals surface area (Å²) in [5.74, 6) is 0. The lowest BCUT2D eigenvalue weighted by Gasteiger charge is -2.42. The van der Waals surface area contributed by atoms with Crippen LogP contribution in [0.5, 0.6) is 0 Å². The quantitative estimate of drug-likeness (QED) is 0.799. The van der Waals surface area contributed by atoms with E-state index in [1.807, 2.05) is 12.1 Å². The Hall–Kier alpha value is -2.48. The molecule has 0 aliphatic heterocycles. The van der Waals surface area contributed by atoms with Gasteiger partial charge in [-0.25, -0.2) is 0 Å². The average molecular weight is 290 g/mol. The van der Waals surface area contributed by atoms with Gasteiger partial charge >= 0.3 is 0 Å². The maximum atomic E-state index is 5.86. The third kappa shape index (κ3) is 2.77. The van der Waals surface area contributed by atoms with Crippen LogP contribution in [0, 0.1) is 0 Å². The van der Waals surface area contributed by atoms with Crippen LogP contribution in [0.1, 0.15) is 20.3 Å². The van der Waals surface area contributed by atoms with Crippen LogP contribution in [0.2, 0.25) is 0 Å². The molecular formula is C20H22N2. The molecule has 112 valence electrons.